The summed E-state index contributed by atoms with van der Waals surface area (Å²) in [5.74, 6) is 4.38. The topological polar surface area (TPSA) is 9.23 Å². The largest absolute Gasteiger partial charge is 0.487 e. The Hall–Kier alpha value is -0.980. The molecule has 2 rings (SSSR count). The molecule has 0 radical (unpaired) electrons. The zero-order valence-corrected chi connectivity index (χ0v) is 23.1. The highest BCUT2D eigenvalue weighted by molar-refractivity contribution is 5.52. The van der Waals surface area contributed by atoms with Crippen LogP contribution in [-0.2, 0) is 6.42 Å². The Kier molecular flexibility index (Phi) is 10.6. The fraction of sp³-hybridized carbons (Fsp3) is 0.806. The van der Waals surface area contributed by atoms with Crippen LogP contribution in [0, 0.1) is 31.6 Å². The third kappa shape index (κ3) is 8.11. The van der Waals surface area contributed by atoms with Crippen molar-refractivity contribution in [3.05, 3.63) is 28.3 Å². The summed E-state index contributed by atoms with van der Waals surface area (Å²) in [5, 5.41) is 0. The molecule has 0 aromatic heterocycles. The van der Waals surface area contributed by atoms with Crippen molar-refractivity contribution in [2.75, 3.05) is 0 Å². The minimum Gasteiger partial charge on any atom is -0.487 e. The second kappa shape index (κ2) is 12.5. The smallest absolute Gasteiger partial charge is 0.126 e. The molecule has 0 spiro atoms. The maximum absolute atomic E-state index is 6.71. The van der Waals surface area contributed by atoms with Crippen LogP contribution in [-0.4, -0.2) is 5.60 Å². The lowest BCUT2D eigenvalue weighted by Gasteiger charge is -2.38. The first kappa shape index (κ1) is 27.3. The molecule has 1 heterocycles. The molecular weight excluding hydrogens is 388 g/mol. The van der Waals surface area contributed by atoms with Gasteiger partial charge in [-0.05, 0) is 92.4 Å². The zero-order chi connectivity index (χ0) is 23.9. The molecule has 1 nitrogen and oxygen atoms in total. The fourth-order valence-corrected chi connectivity index (χ4v) is 5.70. The molecule has 0 unspecified atom stereocenters. The maximum Gasteiger partial charge on any atom is 0.126 e. The van der Waals surface area contributed by atoms with Gasteiger partial charge in [0.15, 0.2) is 0 Å². The summed E-state index contributed by atoms with van der Waals surface area (Å²) in [6.07, 6.45) is 14.6. The van der Waals surface area contributed by atoms with Crippen LogP contribution in [0.4, 0.5) is 0 Å². The quantitative estimate of drug-likeness (QED) is 0.295. The van der Waals surface area contributed by atoms with Crippen LogP contribution in [0.5, 0.6) is 5.75 Å². The molecule has 1 aromatic carbocycles. The number of fused-ring (bicyclic) bond motifs is 1. The average Bonchev–Trinajstić information content (AvgIpc) is 2.70. The Bertz CT molecular complexity index is 701. The van der Waals surface area contributed by atoms with Crippen molar-refractivity contribution in [2.24, 2.45) is 17.8 Å². The molecule has 0 N–H and O–H groups in total. The second-order valence-electron chi connectivity index (χ2n) is 12.3. The van der Waals surface area contributed by atoms with Crippen molar-refractivity contribution >= 4 is 0 Å². The predicted octanol–water partition coefficient (Wildman–Crippen LogP) is 9.95. The van der Waals surface area contributed by atoms with E-state index in [2.05, 4.69) is 68.4 Å². The molecule has 1 aromatic rings. The highest BCUT2D eigenvalue weighted by atomic mass is 16.5. The van der Waals surface area contributed by atoms with Gasteiger partial charge in [-0.1, -0.05) is 92.6 Å². The summed E-state index contributed by atoms with van der Waals surface area (Å²) in [7, 11) is 0. The van der Waals surface area contributed by atoms with E-state index in [4.69, 9.17) is 4.74 Å². The first-order chi connectivity index (χ1) is 15.0. The molecule has 0 aliphatic carbocycles. The SMILES string of the molecule is Cc1cc(C(C)C)c(C)c2c1O[C@](C)(CCC[C@H](C)CCC[C@H](C)CCCC(C)C)CC2. The molecule has 0 bridgehead atoms. The van der Waals surface area contributed by atoms with E-state index in [0.717, 1.165) is 24.2 Å². The minimum absolute atomic E-state index is 0.00813. The van der Waals surface area contributed by atoms with Crippen molar-refractivity contribution < 1.29 is 4.74 Å². The predicted molar refractivity (Wildman–Crippen MR) is 142 cm³/mol. The molecule has 0 amide bonds. The van der Waals surface area contributed by atoms with Crippen LogP contribution in [0.15, 0.2) is 6.07 Å². The van der Waals surface area contributed by atoms with E-state index in [1.165, 1.54) is 92.2 Å². The maximum atomic E-state index is 6.71. The van der Waals surface area contributed by atoms with E-state index in [1.54, 1.807) is 0 Å². The molecule has 0 fully saturated rings. The lowest BCUT2D eigenvalue weighted by Crippen LogP contribution is -2.37. The van der Waals surface area contributed by atoms with Gasteiger partial charge in [-0.15, -0.1) is 0 Å². The van der Waals surface area contributed by atoms with Crippen LogP contribution in [0.3, 0.4) is 0 Å². The summed E-state index contributed by atoms with van der Waals surface area (Å²) >= 11 is 0. The van der Waals surface area contributed by atoms with Crippen molar-refractivity contribution in [1.82, 2.24) is 0 Å². The van der Waals surface area contributed by atoms with Gasteiger partial charge in [0.05, 0.1) is 0 Å². The highest BCUT2D eigenvalue weighted by Crippen LogP contribution is 2.42. The molecule has 3 atom stereocenters. The van der Waals surface area contributed by atoms with Gasteiger partial charge in [-0.3, -0.25) is 0 Å². The lowest BCUT2D eigenvalue weighted by molar-refractivity contribution is 0.0513. The summed E-state index contributed by atoms with van der Waals surface area (Å²) in [6, 6.07) is 2.37. The van der Waals surface area contributed by atoms with E-state index < -0.39 is 0 Å². The van der Waals surface area contributed by atoms with Gasteiger partial charge < -0.3 is 4.74 Å². The standard InChI is InChI=1S/C31H54O/c1-22(2)13-10-14-24(5)15-11-16-25(6)17-12-19-31(9)20-18-28-27(8)29(23(3)4)21-26(7)30(28)32-31/h21-25H,10-20H2,1-9H3/t24-,25-,31-/m1/s1. The van der Waals surface area contributed by atoms with Crippen LogP contribution in [0.1, 0.15) is 141 Å². The first-order valence-electron chi connectivity index (χ1n) is 13.8. The van der Waals surface area contributed by atoms with Crippen LogP contribution in [0.25, 0.3) is 0 Å². The Balaban J connectivity index is 1.75. The van der Waals surface area contributed by atoms with Gasteiger partial charge in [-0.25, -0.2) is 0 Å². The molecule has 184 valence electrons. The molecule has 1 aliphatic heterocycles. The monoisotopic (exact) mass is 442 g/mol. The van der Waals surface area contributed by atoms with Crippen LogP contribution >= 0.6 is 0 Å². The third-order valence-electron chi connectivity index (χ3n) is 8.04. The van der Waals surface area contributed by atoms with E-state index >= 15 is 0 Å². The van der Waals surface area contributed by atoms with E-state index in [1.807, 2.05) is 0 Å². The Morgan fingerprint density at radius 1 is 0.844 bits per heavy atom. The average molecular weight is 443 g/mol. The van der Waals surface area contributed by atoms with Crippen molar-refractivity contribution in [2.45, 2.75) is 144 Å². The van der Waals surface area contributed by atoms with Crippen LogP contribution in [0.2, 0.25) is 0 Å². The Morgan fingerprint density at radius 2 is 1.41 bits per heavy atom. The summed E-state index contributed by atoms with van der Waals surface area (Å²) in [5.41, 5.74) is 5.78. The van der Waals surface area contributed by atoms with Gasteiger partial charge in [0, 0.05) is 0 Å². The van der Waals surface area contributed by atoms with Crippen LogP contribution < -0.4 is 4.74 Å². The Morgan fingerprint density at radius 3 is 1.97 bits per heavy atom. The minimum atomic E-state index is 0.00813. The first-order valence-corrected chi connectivity index (χ1v) is 13.8. The lowest BCUT2D eigenvalue weighted by atomic mass is 9.82. The van der Waals surface area contributed by atoms with Gasteiger partial charge in [0.1, 0.15) is 11.4 Å². The molecule has 32 heavy (non-hydrogen) atoms. The molecule has 0 saturated heterocycles. The summed E-state index contributed by atoms with van der Waals surface area (Å²) < 4.78 is 6.71. The summed E-state index contributed by atoms with van der Waals surface area (Å²) in [4.78, 5) is 0. The number of aryl methyl sites for hydroxylation is 1. The van der Waals surface area contributed by atoms with Gasteiger partial charge in [0.2, 0.25) is 0 Å². The van der Waals surface area contributed by atoms with E-state index in [0.29, 0.717) is 5.92 Å². The van der Waals surface area contributed by atoms with Crippen molar-refractivity contribution in [3.63, 3.8) is 0 Å². The molecule has 1 heteroatoms. The van der Waals surface area contributed by atoms with E-state index in [-0.39, 0.29) is 5.60 Å². The molecule has 0 saturated carbocycles. The molecular formula is C31H54O. The van der Waals surface area contributed by atoms with Gasteiger partial charge in [0.25, 0.3) is 0 Å². The van der Waals surface area contributed by atoms with E-state index in [9.17, 15) is 0 Å². The normalized spacial score (nSPS) is 20.3. The number of rotatable bonds is 13. The third-order valence-corrected chi connectivity index (χ3v) is 8.04. The van der Waals surface area contributed by atoms with Crippen molar-refractivity contribution in [3.8, 4) is 5.75 Å². The number of benzene rings is 1. The van der Waals surface area contributed by atoms with Crippen molar-refractivity contribution in [1.29, 1.82) is 0 Å². The number of ether oxygens (including phenoxy) is 1. The number of hydrogen-bond donors (Lipinski definition) is 0. The fourth-order valence-electron chi connectivity index (χ4n) is 5.70. The summed E-state index contributed by atoms with van der Waals surface area (Å²) in [6.45, 7) is 21.1. The van der Waals surface area contributed by atoms with Gasteiger partial charge >= 0.3 is 0 Å². The van der Waals surface area contributed by atoms with Gasteiger partial charge in [-0.2, -0.15) is 0 Å². The molecule has 1 aliphatic rings. The number of hydrogen-bond acceptors (Lipinski definition) is 1. The zero-order valence-electron chi connectivity index (χ0n) is 23.1. The Labute approximate surface area is 201 Å². The highest BCUT2D eigenvalue weighted by Gasteiger charge is 2.33. The second-order valence-corrected chi connectivity index (χ2v) is 12.3.